The number of anilines is 3. The van der Waals surface area contributed by atoms with E-state index in [-0.39, 0.29) is 11.9 Å². The number of ether oxygens (including phenoxy) is 1. The summed E-state index contributed by atoms with van der Waals surface area (Å²) < 4.78 is 7.48. The molecule has 4 N–H and O–H groups in total. The minimum Gasteiger partial charge on any atom is -0.378 e. The third-order valence-electron chi connectivity index (χ3n) is 4.86. The molecular formula is C19H20N10O. The molecule has 1 aliphatic rings. The molecule has 4 aromatic rings. The first-order valence-electron chi connectivity index (χ1n) is 9.51. The fraction of sp³-hybridized carbons (Fsp3) is 0.263. The molecule has 0 bridgehead atoms. The summed E-state index contributed by atoms with van der Waals surface area (Å²) in [5, 5.41) is 0. The molecule has 0 aliphatic carbocycles. The van der Waals surface area contributed by atoms with E-state index < -0.39 is 0 Å². The van der Waals surface area contributed by atoms with Crippen molar-refractivity contribution in [1.82, 2.24) is 34.3 Å². The molecule has 5 rings (SSSR count). The summed E-state index contributed by atoms with van der Waals surface area (Å²) in [5.74, 6) is 1.28. The lowest BCUT2D eigenvalue weighted by Gasteiger charge is -2.28. The topological polar surface area (TPSA) is 146 Å². The van der Waals surface area contributed by atoms with E-state index in [0.29, 0.717) is 19.6 Å². The molecule has 0 spiro atoms. The molecule has 0 unspecified atom stereocenters. The molecule has 1 saturated heterocycles. The lowest BCUT2D eigenvalue weighted by molar-refractivity contribution is 0.122. The van der Waals surface area contributed by atoms with Gasteiger partial charge in [-0.2, -0.15) is 0 Å². The standard InChI is InChI=1S/C19H20N10O/c20-18-22-6-12(7-23-18)5-14-10-29-11-15(13-8-24-19(21)25-9-13)27-17(16(29)26-14)28-1-3-30-4-2-28/h6-11H,1-5H2,(H2,20,22,23)(H2,21,24,25). The molecule has 30 heavy (non-hydrogen) atoms. The molecule has 0 saturated carbocycles. The third-order valence-corrected chi connectivity index (χ3v) is 4.86. The second kappa shape index (κ2) is 7.52. The zero-order valence-corrected chi connectivity index (χ0v) is 16.1. The van der Waals surface area contributed by atoms with Crippen LogP contribution >= 0.6 is 0 Å². The lowest BCUT2D eigenvalue weighted by atomic mass is 10.2. The average molecular weight is 404 g/mol. The highest BCUT2D eigenvalue weighted by atomic mass is 16.5. The molecule has 0 atom stereocenters. The van der Waals surface area contributed by atoms with Gasteiger partial charge in [0.15, 0.2) is 11.5 Å². The van der Waals surface area contributed by atoms with E-state index in [1.54, 1.807) is 24.8 Å². The molecule has 0 aromatic carbocycles. The van der Waals surface area contributed by atoms with Gasteiger partial charge in [0.2, 0.25) is 11.9 Å². The number of nitrogens with two attached hydrogens (primary N) is 2. The lowest BCUT2D eigenvalue weighted by Crippen LogP contribution is -2.37. The fourth-order valence-corrected chi connectivity index (χ4v) is 3.38. The monoisotopic (exact) mass is 404 g/mol. The van der Waals surface area contributed by atoms with Crippen molar-refractivity contribution in [3.8, 4) is 11.3 Å². The molecular weight excluding hydrogens is 384 g/mol. The Morgan fingerprint density at radius 2 is 1.53 bits per heavy atom. The zero-order valence-electron chi connectivity index (χ0n) is 16.1. The number of nitrogen functional groups attached to an aromatic ring is 2. The highest BCUT2D eigenvalue weighted by Gasteiger charge is 2.20. The molecule has 11 nitrogen and oxygen atoms in total. The Hall–Kier alpha value is -3.86. The number of hydrogen-bond donors (Lipinski definition) is 2. The van der Waals surface area contributed by atoms with Crippen LogP contribution in [0.5, 0.6) is 0 Å². The predicted molar refractivity (Wildman–Crippen MR) is 111 cm³/mol. The van der Waals surface area contributed by atoms with E-state index in [9.17, 15) is 0 Å². The molecule has 1 fully saturated rings. The summed E-state index contributed by atoms with van der Waals surface area (Å²) in [7, 11) is 0. The van der Waals surface area contributed by atoms with Gasteiger partial charge in [-0.1, -0.05) is 0 Å². The van der Waals surface area contributed by atoms with Gasteiger partial charge in [-0.05, 0) is 5.56 Å². The normalized spacial score (nSPS) is 14.3. The Morgan fingerprint density at radius 1 is 0.867 bits per heavy atom. The van der Waals surface area contributed by atoms with Crippen molar-refractivity contribution in [3.63, 3.8) is 0 Å². The quantitative estimate of drug-likeness (QED) is 0.495. The van der Waals surface area contributed by atoms with Gasteiger partial charge in [-0.25, -0.2) is 29.9 Å². The first-order valence-corrected chi connectivity index (χ1v) is 9.51. The molecule has 152 valence electrons. The van der Waals surface area contributed by atoms with Gasteiger partial charge in [0.25, 0.3) is 0 Å². The number of imidazole rings is 1. The second-order valence-corrected chi connectivity index (χ2v) is 6.97. The Kier molecular flexibility index (Phi) is 4.56. The number of hydrogen-bond acceptors (Lipinski definition) is 10. The van der Waals surface area contributed by atoms with Gasteiger partial charge < -0.3 is 25.5 Å². The van der Waals surface area contributed by atoms with E-state index in [0.717, 1.165) is 47.1 Å². The molecule has 5 heterocycles. The maximum atomic E-state index is 5.63. The second-order valence-electron chi connectivity index (χ2n) is 6.97. The van der Waals surface area contributed by atoms with Crippen molar-refractivity contribution in [2.45, 2.75) is 6.42 Å². The molecule has 4 aromatic heterocycles. The Labute approximate surface area is 171 Å². The van der Waals surface area contributed by atoms with Crippen LogP contribution in [0.2, 0.25) is 0 Å². The van der Waals surface area contributed by atoms with Crippen LogP contribution in [0.25, 0.3) is 16.9 Å². The van der Waals surface area contributed by atoms with Gasteiger partial charge in [0.1, 0.15) is 0 Å². The minimum atomic E-state index is 0.226. The van der Waals surface area contributed by atoms with Crippen molar-refractivity contribution in [2.24, 2.45) is 0 Å². The number of aromatic nitrogens is 7. The highest BCUT2D eigenvalue weighted by molar-refractivity contribution is 5.70. The Morgan fingerprint density at radius 3 is 2.23 bits per heavy atom. The van der Waals surface area contributed by atoms with Crippen LogP contribution in [0.15, 0.2) is 37.2 Å². The summed E-state index contributed by atoms with van der Waals surface area (Å²) in [6.07, 6.45) is 11.3. The van der Waals surface area contributed by atoms with E-state index in [1.165, 1.54) is 0 Å². The highest BCUT2D eigenvalue weighted by Crippen LogP contribution is 2.26. The van der Waals surface area contributed by atoms with Crippen LogP contribution in [-0.4, -0.2) is 60.6 Å². The maximum absolute atomic E-state index is 5.63. The minimum absolute atomic E-state index is 0.226. The van der Waals surface area contributed by atoms with Crippen LogP contribution in [-0.2, 0) is 11.2 Å². The number of nitrogens with zero attached hydrogens (tertiary/aromatic N) is 8. The summed E-state index contributed by atoms with van der Waals surface area (Å²) in [4.78, 5) is 28.2. The van der Waals surface area contributed by atoms with Gasteiger partial charge in [-0.3, -0.25) is 0 Å². The van der Waals surface area contributed by atoms with Crippen molar-refractivity contribution < 1.29 is 4.74 Å². The number of morpholine rings is 1. The summed E-state index contributed by atoms with van der Waals surface area (Å²) in [6.45, 7) is 2.80. The van der Waals surface area contributed by atoms with Crippen molar-refractivity contribution in [2.75, 3.05) is 42.7 Å². The average Bonchev–Trinajstić information content (AvgIpc) is 3.18. The molecule has 1 aliphatic heterocycles. The van der Waals surface area contributed by atoms with Crippen LogP contribution in [0.4, 0.5) is 17.7 Å². The smallest absolute Gasteiger partial charge is 0.219 e. The Bertz CT molecular complexity index is 1170. The fourth-order valence-electron chi connectivity index (χ4n) is 3.38. The zero-order chi connectivity index (χ0) is 20.5. The van der Waals surface area contributed by atoms with E-state index >= 15 is 0 Å². The van der Waals surface area contributed by atoms with E-state index in [2.05, 4.69) is 24.8 Å². The van der Waals surface area contributed by atoms with Gasteiger partial charge in [-0.15, -0.1) is 0 Å². The predicted octanol–water partition coefficient (Wildman–Crippen LogP) is 0.568. The van der Waals surface area contributed by atoms with Crippen LogP contribution in [0, 0.1) is 0 Å². The summed E-state index contributed by atoms with van der Waals surface area (Å²) in [5.41, 5.74) is 15.3. The van der Waals surface area contributed by atoms with Gasteiger partial charge in [0.05, 0.1) is 24.6 Å². The van der Waals surface area contributed by atoms with Crippen LogP contribution in [0.3, 0.4) is 0 Å². The number of rotatable bonds is 4. The van der Waals surface area contributed by atoms with Gasteiger partial charge in [0, 0.05) is 62.3 Å². The number of fused-ring (bicyclic) bond motifs is 1. The summed E-state index contributed by atoms with van der Waals surface area (Å²) >= 11 is 0. The summed E-state index contributed by atoms with van der Waals surface area (Å²) in [6, 6.07) is 0. The van der Waals surface area contributed by atoms with Crippen molar-refractivity contribution in [1.29, 1.82) is 0 Å². The first-order chi connectivity index (χ1) is 14.7. The van der Waals surface area contributed by atoms with E-state index in [4.69, 9.17) is 26.2 Å². The van der Waals surface area contributed by atoms with Crippen molar-refractivity contribution in [3.05, 3.63) is 48.4 Å². The van der Waals surface area contributed by atoms with Gasteiger partial charge >= 0.3 is 0 Å². The Balaban J connectivity index is 1.58. The first kappa shape index (κ1) is 18.2. The largest absolute Gasteiger partial charge is 0.378 e. The molecule has 0 amide bonds. The van der Waals surface area contributed by atoms with Crippen molar-refractivity contribution >= 4 is 23.4 Å². The maximum Gasteiger partial charge on any atom is 0.219 e. The molecule has 11 heteroatoms. The molecule has 0 radical (unpaired) electrons. The van der Waals surface area contributed by atoms with Crippen LogP contribution in [0.1, 0.15) is 11.3 Å². The van der Waals surface area contributed by atoms with Crippen LogP contribution < -0.4 is 16.4 Å². The SMILES string of the molecule is Nc1ncc(Cc2cn3cc(-c4cnc(N)nc4)nc(N4CCOCC4)c3n2)cn1. The third kappa shape index (κ3) is 3.57. The van der Waals surface area contributed by atoms with E-state index in [1.807, 2.05) is 16.8 Å².